The SMILES string of the molecule is CC(C)(C)OC(=O)N1CC[C@]2(O)CCN(C(=O)C3CCC3)C[C@@H]2C1. The molecule has 3 fully saturated rings. The van der Waals surface area contributed by atoms with Crippen molar-refractivity contribution in [3.63, 3.8) is 0 Å². The topological polar surface area (TPSA) is 70.1 Å². The van der Waals surface area contributed by atoms with Crippen molar-refractivity contribution in [1.29, 1.82) is 0 Å². The van der Waals surface area contributed by atoms with Gasteiger partial charge in [0.2, 0.25) is 5.91 Å². The van der Waals surface area contributed by atoms with Crippen LogP contribution in [-0.2, 0) is 9.53 Å². The minimum absolute atomic E-state index is 0.0865. The molecule has 0 bridgehead atoms. The van der Waals surface area contributed by atoms with Crippen molar-refractivity contribution in [3.05, 3.63) is 0 Å². The molecule has 2 saturated heterocycles. The van der Waals surface area contributed by atoms with Crippen LogP contribution in [0.3, 0.4) is 0 Å². The van der Waals surface area contributed by atoms with Gasteiger partial charge in [-0.3, -0.25) is 4.79 Å². The summed E-state index contributed by atoms with van der Waals surface area (Å²) in [5.41, 5.74) is -1.28. The number of ether oxygens (including phenoxy) is 1. The summed E-state index contributed by atoms with van der Waals surface area (Å²) in [5.74, 6) is 0.330. The average molecular weight is 338 g/mol. The predicted molar refractivity (Wildman–Crippen MR) is 89.4 cm³/mol. The Morgan fingerprint density at radius 3 is 2.21 bits per heavy atom. The highest BCUT2D eigenvalue weighted by Crippen LogP contribution is 2.37. The lowest BCUT2D eigenvalue weighted by molar-refractivity contribution is -0.152. The van der Waals surface area contributed by atoms with Crippen molar-refractivity contribution in [1.82, 2.24) is 9.80 Å². The third kappa shape index (κ3) is 3.53. The number of likely N-dealkylation sites (tertiary alicyclic amines) is 2. The zero-order valence-electron chi connectivity index (χ0n) is 15.1. The first-order chi connectivity index (χ1) is 11.2. The average Bonchev–Trinajstić information content (AvgIpc) is 2.42. The van der Waals surface area contributed by atoms with Crippen molar-refractivity contribution in [3.8, 4) is 0 Å². The first-order valence-electron chi connectivity index (χ1n) is 9.17. The summed E-state index contributed by atoms with van der Waals surface area (Å²) < 4.78 is 5.45. The van der Waals surface area contributed by atoms with E-state index in [4.69, 9.17) is 4.74 Å². The van der Waals surface area contributed by atoms with E-state index in [0.29, 0.717) is 39.0 Å². The zero-order valence-corrected chi connectivity index (χ0v) is 15.1. The minimum Gasteiger partial charge on any atom is -0.444 e. The first-order valence-corrected chi connectivity index (χ1v) is 9.17. The zero-order chi connectivity index (χ0) is 17.5. The summed E-state index contributed by atoms with van der Waals surface area (Å²) in [7, 11) is 0. The second-order valence-corrected chi connectivity index (χ2v) is 8.64. The van der Waals surface area contributed by atoms with Crippen LogP contribution in [0.25, 0.3) is 0 Å². The van der Waals surface area contributed by atoms with Gasteiger partial charge in [-0.2, -0.15) is 0 Å². The number of piperidine rings is 2. The third-order valence-corrected chi connectivity index (χ3v) is 5.69. The van der Waals surface area contributed by atoms with Crippen molar-refractivity contribution in [2.24, 2.45) is 11.8 Å². The van der Waals surface area contributed by atoms with Gasteiger partial charge >= 0.3 is 6.09 Å². The molecular formula is C18H30N2O4. The Balaban J connectivity index is 1.63. The number of carbonyl (C=O) groups excluding carboxylic acids is 2. The van der Waals surface area contributed by atoms with E-state index in [9.17, 15) is 14.7 Å². The molecule has 2 heterocycles. The molecule has 0 aromatic rings. The monoisotopic (exact) mass is 338 g/mol. The maximum absolute atomic E-state index is 12.5. The van der Waals surface area contributed by atoms with Gasteiger partial charge in [0.25, 0.3) is 0 Å². The number of fused-ring (bicyclic) bond motifs is 1. The highest BCUT2D eigenvalue weighted by molar-refractivity contribution is 5.79. The fourth-order valence-electron chi connectivity index (χ4n) is 3.91. The number of nitrogens with zero attached hydrogens (tertiary/aromatic N) is 2. The molecule has 0 unspecified atom stereocenters. The van der Waals surface area contributed by atoms with Gasteiger partial charge in [0.1, 0.15) is 5.60 Å². The lowest BCUT2D eigenvalue weighted by Gasteiger charge is -2.50. The number of aliphatic hydroxyl groups is 1. The molecule has 2 atom stereocenters. The van der Waals surface area contributed by atoms with Crippen LogP contribution in [0.1, 0.15) is 52.9 Å². The summed E-state index contributed by atoms with van der Waals surface area (Å²) in [4.78, 5) is 28.4. The van der Waals surface area contributed by atoms with Gasteiger partial charge in [0.15, 0.2) is 0 Å². The maximum atomic E-state index is 12.5. The molecule has 6 nitrogen and oxygen atoms in total. The smallest absolute Gasteiger partial charge is 0.410 e. The van der Waals surface area contributed by atoms with Crippen LogP contribution in [0.15, 0.2) is 0 Å². The largest absolute Gasteiger partial charge is 0.444 e. The van der Waals surface area contributed by atoms with E-state index in [1.54, 1.807) is 4.90 Å². The van der Waals surface area contributed by atoms with Gasteiger partial charge in [-0.25, -0.2) is 4.79 Å². The number of hydrogen-bond donors (Lipinski definition) is 1. The Morgan fingerprint density at radius 2 is 1.67 bits per heavy atom. The van der Waals surface area contributed by atoms with Crippen molar-refractivity contribution >= 4 is 12.0 Å². The maximum Gasteiger partial charge on any atom is 0.410 e. The molecule has 0 spiro atoms. The lowest BCUT2D eigenvalue weighted by Crippen LogP contribution is -2.62. The quantitative estimate of drug-likeness (QED) is 0.794. The van der Waals surface area contributed by atoms with E-state index >= 15 is 0 Å². The van der Waals surface area contributed by atoms with E-state index in [1.807, 2.05) is 25.7 Å². The summed E-state index contributed by atoms with van der Waals surface area (Å²) in [6.07, 6.45) is 3.97. The molecule has 2 aliphatic heterocycles. The molecule has 6 heteroatoms. The van der Waals surface area contributed by atoms with Crippen LogP contribution in [0, 0.1) is 11.8 Å². The third-order valence-electron chi connectivity index (χ3n) is 5.69. The van der Waals surface area contributed by atoms with Gasteiger partial charge in [-0.05, 0) is 46.5 Å². The number of hydrogen-bond acceptors (Lipinski definition) is 4. The van der Waals surface area contributed by atoms with E-state index in [2.05, 4.69) is 0 Å². The first kappa shape index (κ1) is 17.5. The lowest BCUT2D eigenvalue weighted by atomic mass is 9.75. The fourth-order valence-corrected chi connectivity index (χ4v) is 3.91. The van der Waals surface area contributed by atoms with Crippen LogP contribution in [-0.4, -0.2) is 64.3 Å². The highest BCUT2D eigenvalue weighted by atomic mass is 16.6. The number of amides is 2. The molecular weight excluding hydrogens is 308 g/mol. The molecule has 0 aromatic carbocycles. The Bertz CT molecular complexity index is 512. The molecule has 24 heavy (non-hydrogen) atoms. The van der Waals surface area contributed by atoms with Crippen LogP contribution >= 0.6 is 0 Å². The minimum atomic E-state index is -0.755. The number of carbonyl (C=O) groups is 2. The molecule has 3 aliphatic rings. The Morgan fingerprint density at radius 1 is 1.08 bits per heavy atom. The fraction of sp³-hybridized carbons (Fsp3) is 0.889. The Kier molecular flexibility index (Phi) is 4.53. The summed E-state index contributed by atoms with van der Waals surface area (Å²) in [5, 5.41) is 10.9. The van der Waals surface area contributed by atoms with Crippen LogP contribution in [0.2, 0.25) is 0 Å². The van der Waals surface area contributed by atoms with E-state index in [1.165, 1.54) is 0 Å². The molecule has 1 saturated carbocycles. The van der Waals surface area contributed by atoms with Gasteiger partial charge in [0, 0.05) is 38.0 Å². The Labute approximate surface area is 144 Å². The number of rotatable bonds is 1. The van der Waals surface area contributed by atoms with Crippen LogP contribution < -0.4 is 0 Å². The normalized spacial score (nSPS) is 31.2. The summed E-state index contributed by atoms with van der Waals surface area (Å²) in [6.45, 7) is 7.71. The van der Waals surface area contributed by atoms with Gasteiger partial charge in [-0.15, -0.1) is 0 Å². The molecule has 3 rings (SSSR count). The van der Waals surface area contributed by atoms with E-state index < -0.39 is 11.2 Å². The Hall–Kier alpha value is -1.30. The van der Waals surface area contributed by atoms with Crippen molar-refractivity contribution in [2.45, 2.75) is 64.1 Å². The second-order valence-electron chi connectivity index (χ2n) is 8.64. The van der Waals surface area contributed by atoms with Gasteiger partial charge in [-0.1, -0.05) is 6.42 Å². The summed E-state index contributed by atoms with van der Waals surface area (Å²) >= 11 is 0. The van der Waals surface area contributed by atoms with Crippen LogP contribution in [0.5, 0.6) is 0 Å². The van der Waals surface area contributed by atoms with E-state index in [0.717, 1.165) is 19.3 Å². The molecule has 1 N–H and O–H groups in total. The van der Waals surface area contributed by atoms with Crippen molar-refractivity contribution < 1.29 is 19.4 Å². The van der Waals surface area contributed by atoms with Crippen molar-refractivity contribution in [2.75, 3.05) is 26.2 Å². The second kappa shape index (κ2) is 6.21. The standard InChI is InChI=1S/C18H30N2O4/c1-17(2,3)24-16(22)20-10-8-18(23)7-9-19(11-14(18)12-20)15(21)13-5-4-6-13/h13-14,23H,4-12H2,1-3H3/t14-,18-/m1/s1. The molecule has 0 radical (unpaired) electrons. The van der Waals surface area contributed by atoms with Crippen LogP contribution in [0.4, 0.5) is 4.79 Å². The predicted octanol–water partition coefficient (Wildman–Crippen LogP) is 2.01. The molecule has 136 valence electrons. The highest BCUT2D eigenvalue weighted by Gasteiger charge is 2.48. The molecule has 1 aliphatic carbocycles. The van der Waals surface area contributed by atoms with Gasteiger partial charge < -0.3 is 19.6 Å². The summed E-state index contributed by atoms with van der Waals surface area (Å²) in [6, 6.07) is 0. The molecule has 0 aromatic heterocycles. The van der Waals surface area contributed by atoms with E-state index in [-0.39, 0.29) is 23.8 Å². The molecule has 2 amide bonds. The van der Waals surface area contributed by atoms with Gasteiger partial charge in [0.05, 0.1) is 5.60 Å².